The molecule has 0 unspecified atom stereocenters. The van der Waals surface area contributed by atoms with Crippen LogP contribution in [0.1, 0.15) is 22.8 Å². The van der Waals surface area contributed by atoms with Crippen LogP contribution in [0.4, 0.5) is 14.5 Å². The molecule has 0 bridgehead atoms. The third-order valence-corrected chi connectivity index (χ3v) is 5.56. The molecule has 0 N–H and O–H groups in total. The van der Waals surface area contributed by atoms with Crippen molar-refractivity contribution < 1.29 is 22.0 Å². The lowest BCUT2D eigenvalue weighted by atomic mass is 10.1. The van der Waals surface area contributed by atoms with Gasteiger partial charge in [0.15, 0.2) is 0 Å². The molecule has 5 nitrogen and oxygen atoms in total. The lowest BCUT2D eigenvalue weighted by Gasteiger charge is -2.22. The molecule has 27 heavy (non-hydrogen) atoms. The number of anilines is 1. The van der Waals surface area contributed by atoms with E-state index in [0.717, 1.165) is 23.4 Å². The number of benzene rings is 2. The number of sulfone groups is 1. The van der Waals surface area contributed by atoms with Crippen LogP contribution >= 0.6 is 0 Å². The zero-order valence-corrected chi connectivity index (χ0v) is 16.2. The minimum atomic E-state index is -4.67. The maximum Gasteiger partial charge on any atom is 0.341 e. The van der Waals surface area contributed by atoms with E-state index < -0.39 is 20.5 Å². The summed E-state index contributed by atoms with van der Waals surface area (Å²) in [7, 11) is -0.789. The average molecular weight is 396 g/mol. The lowest BCUT2D eigenvalue weighted by Crippen LogP contribution is -2.30. The van der Waals surface area contributed by atoms with Crippen LogP contribution in [0.15, 0.2) is 53.4 Å². The number of nitrogens with zero attached hydrogens (tertiary/aromatic N) is 2. The summed E-state index contributed by atoms with van der Waals surface area (Å²) in [5.41, 5.74) is 2.24. The maximum atomic E-state index is 12.7. The van der Waals surface area contributed by atoms with E-state index in [4.69, 9.17) is 0 Å². The summed E-state index contributed by atoms with van der Waals surface area (Å²) in [6, 6.07) is 12.4. The molecule has 2 rings (SSSR count). The van der Waals surface area contributed by atoms with Crippen molar-refractivity contribution >= 4 is 21.4 Å². The Morgan fingerprint density at radius 2 is 1.56 bits per heavy atom. The van der Waals surface area contributed by atoms with Crippen LogP contribution < -0.4 is 4.90 Å². The molecule has 0 aliphatic heterocycles. The van der Waals surface area contributed by atoms with E-state index in [9.17, 15) is 22.0 Å². The molecule has 0 aliphatic carbocycles. The van der Waals surface area contributed by atoms with Gasteiger partial charge in [0, 0.05) is 38.4 Å². The van der Waals surface area contributed by atoms with Crippen LogP contribution in [0.25, 0.3) is 0 Å². The summed E-state index contributed by atoms with van der Waals surface area (Å²) in [5, 5.41) is 0. The molecule has 0 spiro atoms. The third kappa shape index (κ3) is 4.82. The van der Waals surface area contributed by atoms with Crippen molar-refractivity contribution in [3.63, 3.8) is 0 Å². The van der Waals surface area contributed by atoms with Gasteiger partial charge in [0.05, 0.1) is 4.90 Å². The smallest absolute Gasteiger partial charge is 0.341 e. The predicted octanol–water partition coefficient (Wildman–Crippen LogP) is 3.41. The molecule has 0 aliphatic rings. The lowest BCUT2D eigenvalue weighted by molar-refractivity contribution is 0.0752. The Morgan fingerprint density at radius 1 is 1.00 bits per heavy atom. The Morgan fingerprint density at radius 3 is 2.00 bits per heavy atom. The highest BCUT2D eigenvalue weighted by atomic mass is 32.2. The molecular weight excluding hydrogens is 374 g/mol. The quantitative estimate of drug-likeness (QED) is 0.720. The van der Waals surface area contributed by atoms with Crippen molar-refractivity contribution in [2.75, 3.05) is 25.5 Å². The van der Waals surface area contributed by atoms with E-state index in [0.29, 0.717) is 13.1 Å². The van der Waals surface area contributed by atoms with Gasteiger partial charge in [-0.25, -0.2) is 8.42 Å². The van der Waals surface area contributed by atoms with Gasteiger partial charge < -0.3 is 9.80 Å². The molecule has 0 radical (unpaired) electrons. The van der Waals surface area contributed by atoms with Gasteiger partial charge in [0.1, 0.15) is 0 Å². The number of halogens is 2. The maximum absolute atomic E-state index is 12.7. The molecular formula is C19H22F2N2O3S. The Hall–Kier alpha value is -2.48. The Labute approximate surface area is 158 Å². The zero-order valence-electron chi connectivity index (χ0n) is 15.4. The van der Waals surface area contributed by atoms with Crippen LogP contribution in [0.5, 0.6) is 0 Å². The first kappa shape index (κ1) is 20.8. The first-order valence-electron chi connectivity index (χ1n) is 8.34. The molecule has 2 aromatic carbocycles. The summed E-state index contributed by atoms with van der Waals surface area (Å²) in [6.45, 7) is 2.67. The summed E-state index contributed by atoms with van der Waals surface area (Å²) in [4.78, 5) is 15.7. The van der Waals surface area contributed by atoms with Gasteiger partial charge >= 0.3 is 5.76 Å². The number of hydrogen-bond donors (Lipinski definition) is 0. The van der Waals surface area contributed by atoms with Crippen molar-refractivity contribution in [3.8, 4) is 0 Å². The van der Waals surface area contributed by atoms with Crippen molar-refractivity contribution in [2.45, 2.75) is 24.1 Å². The van der Waals surface area contributed by atoms with Crippen molar-refractivity contribution in [1.82, 2.24) is 4.90 Å². The fourth-order valence-corrected chi connectivity index (χ4v) is 3.24. The van der Waals surface area contributed by atoms with E-state index in [2.05, 4.69) is 0 Å². The first-order valence-corrected chi connectivity index (χ1v) is 9.89. The number of amides is 1. The van der Waals surface area contributed by atoms with E-state index in [1.54, 1.807) is 4.90 Å². The van der Waals surface area contributed by atoms with Crippen molar-refractivity contribution in [2.24, 2.45) is 0 Å². The molecule has 1 amide bonds. The molecule has 0 saturated heterocycles. The molecule has 0 atom stereocenters. The van der Waals surface area contributed by atoms with Crippen LogP contribution in [0.2, 0.25) is 0 Å². The first-order chi connectivity index (χ1) is 12.7. The molecule has 0 aromatic heterocycles. The number of carbonyl (C=O) groups is 1. The molecule has 8 heteroatoms. The van der Waals surface area contributed by atoms with Crippen molar-refractivity contribution in [3.05, 3.63) is 59.7 Å². The fourth-order valence-electron chi connectivity index (χ4n) is 2.52. The minimum absolute atomic E-state index is 0.245. The van der Waals surface area contributed by atoms with Crippen LogP contribution in [-0.4, -0.2) is 45.6 Å². The second-order valence-corrected chi connectivity index (χ2v) is 8.13. The molecule has 146 valence electrons. The van der Waals surface area contributed by atoms with Gasteiger partial charge in [-0.3, -0.25) is 4.79 Å². The summed E-state index contributed by atoms with van der Waals surface area (Å²) < 4.78 is 48.1. The number of hydrogen-bond acceptors (Lipinski definition) is 4. The van der Waals surface area contributed by atoms with E-state index in [-0.39, 0.29) is 11.5 Å². The standard InChI is InChI=1S/C19H22F2N2O3S/c1-4-23(13-14-5-9-16(10-6-14)22(2)3)18(24)15-7-11-17(12-8-15)27(25,26)19(20)21/h5-12,19H,4,13H2,1-3H3. The number of rotatable bonds is 7. The molecule has 2 aromatic rings. The fraction of sp³-hybridized carbons (Fsp3) is 0.316. The van der Waals surface area contributed by atoms with Crippen LogP contribution in [0, 0.1) is 0 Å². The van der Waals surface area contributed by atoms with Gasteiger partial charge in [0.25, 0.3) is 5.91 Å². The highest BCUT2D eigenvalue weighted by molar-refractivity contribution is 7.91. The molecule has 0 saturated carbocycles. The second-order valence-electron chi connectivity index (χ2n) is 6.21. The van der Waals surface area contributed by atoms with Crippen molar-refractivity contribution in [1.29, 1.82) is 0 Å². The summed E-state index contributed by atoms with van der Waals surface area (Å²) in [6.07, 6.45) is 0. The summed E-state index contributed by atoms with van der Waals surface area (Å²) in [5.74, 6) is -3.79. The monoisotopic (exact) mass is 396 g/mol. The topological polar surface area (TPSA) is 57.7 Å². The normalized spacial score (nSPS) is 11.5. The van der Waals surface area contributed by atoms with Gasteiger partial charge in [-0.05, 0) is 48.9 Å². The predicted molar refractivity (Wildman–Crippen MR) is 101 cm³/mol. The average Bonchev–Trinajstić information content (AvgIpc) is 2.65. The Kier molecular flexibility index (Phi) is 6.54. The zero-order chi connectivity index (χ0) is 20.2. The van der Waals surface area contributed by atoms with Gasteiger partial charge in [0.2, 0.25) is 9.84 Å². The highest BCUT2D eigenvalue weighted by Crippen LogP contribution is 2.20. The Balaban J connectivity index is 2.16. The summed E-state index contributed by atoms with van der Waals surface area (Å²) >= 11 is 0. The van der Waals surface area contributed by atoms with Gasteiger partial charge in [-0.1, -0.05) is 12.1 Å². The van der Waals surface area contributed by atoms with Crippen LogP contribution in [-0.2, 0) is 16.4 Å². The molecule has 0 fully saturated rings. The van der Waals surface area contributed by atoms with E-state index in [1.165, 1.54) is 12.1 Å². The number of carbonyl (C=O) groups excluding carboxylic acids is 1. The SMILES string of the molecule is CCN(Cc1ccc(N(C)C)cc1)C(=O)c1ccc(S(=O)(=O)C(F)F)cc1. The second kappa shape index (κ2) is 8.47. The highest BCUT2D eigenvalue weighted by Gasteiger charge is 2.26. The largest absolute Gasteiger partial charge is 0.378 e. The van der Waals surface area contributed by atoms with Crippen LogP contribution in [0.3, 0.4) is 0 Å². The van der Waals surface area contributed by atoms with E-state index in [1.807, 2.05) is 50.2 Å². The van der Waals surface area contributed by atoms with E-state index >= 15 is 0 Å². The molecule has 0 heterocycles. The number of alkyl halides is 2. The minimum Gasteiger partial charge on any atom is -0.378 e. The van der Waals surface area contributed by atoms with Gasteiger partial charge in [-0.2, -0.15) is 8.78 Å². The Bertz CT molecular complexity index is 880. The third-order valence-electron chi connectivity index (χ3n) is 4.16. The van der Waals surface area contributed by atoms with Gasteiger partial charge in [-0.15, -0.1) is 0 Å².